The van der Waals surface area contributed by atoms with Crippen LogP contribution in [0.1, 0.15) is 17.0 Å². The minimum absolute atomic E-state index is 0.133. The van der Waals surface area contributed by atoms with Gasteiger partial charge in [-0.2, -0.15) is 5.10 Å². The van der Waals surface area contributed by atoms with Crippen LogP contribution in [-0.4, -0.2) is 36.6 Å². The van der Waals surface area contributed by atoms with Crippen LogP contribution >= 0.6 is 0 Å². The van der Waals surface area contributed by atoms with Crippen LogP contribution in [-0.2, 0) is 9.59 Å². The minimum atomic E-state index is -0.985. The van der Waals surface area contributed by atoms with Crippen LogP contribution in [0.3, 0.4) is 0 Å². The molecule has 1 aliphatic heterocycles. The Kier molecular flexibility index (Phi) is 5.72. The van der Waals surface area contributed by atoms with Crippen molar-refractivity contribution in [1.82, 2.24) is 10.7 Å². The van der Waals surface area contributed by atoms with E-state index in [-0.39, 0.29) is 22.9 Å². The van der Waals surface area contributed by atoms with Gasteiger partial charge in [0, 0.05) is 18.5 Å². The second-order valence-corrected chi connectivity index (χ2v) is 6.30. The molecule has 2 aromatic carbocycles. The van der Waals surface area contributed by atoms with Gasteiger partial charge in [-0.3, -0.25) is 19.7 Å². The number of amides is 2. The van der Waals surface area contributed by atoms with Crippen molar-refractivity contribution >= 4 is 23.7 Å². The Bertz CT molecular complexity index is 976. The SMILES string of the molecule is COc1cc([N+](=O)[O-])cc(/C=N/NC(=O)[C@@H]2C(=O)NC[C@H]2c2ccccc2)c1[O-]. The number of benzene rings is 2. The molecule has 0 saturated carbocycles. The maximum absolute atomic E-state index is 12.5. The van der Waals surface area contributed by atoms with Gasteiger partial charge in [0.25, 0.3) is 11.6 Å². The van der Waals surface area contributed by atoms with E-state index in [1.54, 1.807) is 0 Å². The van der Waals surface area contributed by atoms with Gasteiger partial charge in [-0.15, -0.1) is 0 Å². The van der Waals surface area contributed by atoms with Crippen LogP contribution in [0.2, 0.25) is 0 Å². The first-order valence-electron chi connectivity index (χ1n) is 8.61. The molecule has 1 saturated heterocycles. The van der Waals surface area contributed by atoms with Crippen molar-refractivity contribution in [2.24, 2.45) is 11.0 Å². The van der Waals surface area contributed by atoms with Crippen LogP contribution < -0.4 is 20.6 Å². The van der Waals surface area contributed by atoms with Crippen LogP contribution in [0.4, 0.5) is 5.69 Å². The van der Waals surface area contributed by atoms with Crippen molar-refractivity contribution in [2.45, 2.75) is 5.92 Å². The molecule has 0 spiro atoms. The summed E-state index contributed by atoms with van der Waals surface area (Å²) >= 11 is 0. The lowest BCUT2D eigenvalue weighted by Gasteiger charge is -2.16. The number of non-ortho nitro benzene ring substituents is 1. The number of carbonyl (C=O) groups excluding carboxylic acids is 2. The molecule has 2 atom stereocenters. The molecule has 3 rings (SSSR count). The molecule has 150 valence electrons. The van der Waals surface area contributed by atoms with Crippen molar-refractivity contribution in [2.75, 3.05) is 13.7 Å². The fourth-order valence-electron chi connectivity index (χ4n) is 3.13. The van der Waals surface area contributed by atoms with E-state index in [0.717, 1.165) is 23.9 Å². The molecule has 1 fully saturated rings. The topological polar surface area (TPSA) is 146 Å². The van der Waals surface area contributed by atoms with E-state index in [0.29, 0.717) is 6.54 Å². The number of carbonyl (C=O) groups is 2. The zero-order valence-corrected chi connectivity index (χ0v) is 15.3. The van der Waals surface area contributed by atoms with Crippen LogP contribution in [0, 0.1) is 16.0 Å². The van der Waals surface area contributed by atoms with Crippen LogP contribution in [0.15, 0.2) is 47.6 Å². The molecule has 0 aromatic heterocycles. The number of hydrogen-bond donors (Lipinski definition) is 2. The first-order valence-corrected chi connectivity index (χ1v) is 8.61. The lowest BCUT2D eigenvalue weighted by atomic mass is 9.88. The van der Waals surface area contributed by atoms with Crippen molar-refractivity contribution < 1.29 is 24.4 Å². The molecule has 2 amide bonds. The highest BCUT2D eigenvalue weighted by molar-refractivity contribution is 6.03. The maximum Gasteiger partial charge on any atom is 0.273 e. The predicted octanol–water partition coefficient (Wildman–Crippen LogP) is 0.657. The smallest absolute Gasteiger partial charge is 0.273 e. The number of nitro benzene ring substituents is 1. The van der Waals surface area contributed by atoms with Crippen molar-refractivity contribution in [3.8, 4) is 11.5 Å². The van der Waals surface area contributed by atoms with E-state index in [1.165, 1.54) is 7.11 Å². The third-order valence-electron chi connectivity index (χ3n) is 4.57. The summed E-state index contributed by atoms with van der Waals surface area (Å²) in [4.78, 5) is 35.0. The van der Waals surface area contributed by atoms with Gasteiger partial charge < -0.3 is 15.2 Å². The molecule has 0 bridgehead atoms. The largest absolute Gasteiger partial charge is 0.870 e. The minimum Gasteiger partial charge on any atom is -0.870 e. The average molecular weight is 397 g/mol. The number of ether oxygens (including phenoxy) is 1. The number of nitro groups is 1. The van der Waals surface area contributed by atoms with Crippen LogP contribution in [0.5, 0.6) is 11.5 Å². The Balaban J connectivity index is 1.78. The van der Waals surface area contributed by atoms with Gasteiger partial charge in [-0.25, -0.2) is 5.43 Å². The molecule has 0 radical (unpaired) electrons. The molecule has 10 nitrogen and oxygen atoms in total. The first kappa shape index (κ1) is 19.8. The maximum atomic E-state index is 12.5. The Morgan fingerprint density at radius 1 is 1.34 bits per heavy atom. The zero-order chi connectivity index (χ0) is 21.0. The Morgan fingerprint density at radius 3 is 2.72 bits per heavy atom. The molecule has 1 heterocycles. The number of methoxy groups -OCH3 is 1. The number of hydrogen-bond acceptors (Lipinski definition) is 7. The van der Waals surface area contributed by atoms with E-state index in [1.807, 2.05) is 30.3 Å². The summed E-state index contributed by atoms with van der Waals surface area (Å²) < 4.78 is 4.84. The summed E-state index contributed by atoms with van der Waals surface area (Å²) in [7, 11) is 1.21. The second kappa shape index (κ2) is 8.38. The van der Waals surface area contributed by atoms with Crippen molar-refractivity contribution in [3.05, 3.63) is 63.7 Å². The first-order chi connectivity index (χ1) is 13.9. The summed E-state index contributed by atoms with van der Waals surface area (Å²) in [6.45, 7) is 0.317. The zero-order valence-electron chi connectivity index (χ0n) is 15.3. The van der Waals surface area contributed by atoms with E-state index in [2.05, 4.69) is 15.8 Å². The van der Waals surface area contributed by atoms with E-state index >= 15 is 0 Å². The van der Waals surface area contributed by atoms with Gasteiger partial charge in [0.2, 0.25) is 5.91 Å². The third-order valence-corrected chi connectivity index (χ3v) is 4.57. The van der Waals surface area contributed by atoms with Crippen LogP contribution in [0.25, 0.3) is 0 Å². The summed E-state index contributed by atoms with van der Waals surface area (Å²) in [6.07, 6.45) is 0.986. The number of rotatable bonds is 6. The van der Waals surface area contributed by atoms with Gasteiger partial charge >= 0.3 is 0 Å². The Labute approximate surface area is 165 Å². The highest BCUT2D eigenvalue weighted by Crippen LogP contribution is 2.31. The molecular weight excluding hydrogens is 380 g/mol. The van der Waals surface area contributed by atoms with E-state index < -0.39 is 28.4 Å². The molecule has 2 N–H and O–H groups in total. The van der Waals surface area contributed by atoms with Gasteiger partial charge in [0.15, 0.2) is 0 Å². The molecule has 29 heavy (non-hydrogen) atoms. The van der Waals surface area contributed by atoms with Gasteiger partial charge in [0.05, 0.1) is 24.3 Å². The monoisotopic (exact) mass is 397 g/mol. The van der Waals surface area contributed by atoms with Crippen molar-refractivity contribution in [3.63, 3.8) is 0 Å². The number of nitrogens with one attached hydrogen (secondary N) is 2. The summed E-state index contributed by atoms with van der Waals surface area (Å²) in [5.41, 5.74) is 2.58. The second-order valence-electron chi connectivity index (χ2n) is 6.30. The summed E-state index contributed by atoms with van der Waals surface area (Å²) in [5.74, 6) is -3.24. The van der Waals surface area contributed by atoms with Gasteiger partial charge in [0.1, 0.15) is 11.7 Å². The summed E-state index contributed by atoms with van der Waals surface area (Å²) in [6, 6.07) is 11.1. The lowest BCUT2D eigenvalue weighted by Crippen LogP contribution is -2.34. The molecule has 10 heteroatoms. The van der Waals surface area contributed by atoms with Gasteiger partial charge in [-0.05, 0) is 11.1 Å². The van der Waals surface area contributed by atoms with Crippen molar-refractivity contribution in [1.29, 1.82) is 0 Å². The average Bonchev–Trinajstić information content (AvgIpc) is 3.11. The highest BCUT2D eigenvalue weighted by atomic mass is 16.6. The molecule has 0 aliphatic carbocycles. The number of hydrazone groups is 1. The van der Waals surface area contributed by atoms with Gasteiger partial charge in [-0.1, -0.05) is 36.1 Å². The Morgan fingerprint density at radius 2 is 2.07 bits per heavy atom. The number of nitrogens with zero attached hydrogens (tertiary/aromatic N) is 2. The third kappa shape index (κ3) is 4.15. The molecular formula is C19H17N4O6-. The quantitative estimate of drug-likeness (QED) is 0.317. The predicted molar refractivity (Wildman–Crippen MR) is 101 cm³/mol. The Hall–Kier alpha value is -3.95. The molecule has 0 unspecified atom stereocenters. The normalized spacial score (nSPS) is 18.4. The highest BCUT2D eigenvalue weighted by Gasteiger charge is 2.40. The molecule has 2 aromatic rings. The fourth-order valence-corrected chi connectivity index (χ4v) is 3.13. The van der Waals surface area contributed by atoms with E-state index in [9.17, 15) is 24.8 Å². The van der Waals surface area contributed by atoms with E-state index in [4.69, 9.17) is 4.74 Å². The lowest BCUT2D eigenvalue weighted by molar-refractivity contribution is -0.385. The summed E-state index contributed by atoms with van der Waals surface area (Å²) in [5, 5.41) is 29.5. The standard InChI is InChI=1S/C19H18N4O6/c1-29-15-8-13(23(27)28)7-12(17(15)24)9-21-22-19(26)16-14(10-20-18(16)25)11-5-3-2-4-6-11/h2-9,14,16,24H,10H2,1H3,(H,20,25)(H,22,26)/p-1/b21-9+/t14-,16-/m0/s1. The molecule has 1 aliphatic rings. The fraction of sp³-hybridized carbons (Fsp3) is 0.211.